The van der Waals surface area contributed by atoms with Crippen LogP contribution in [0.3, 0.4) is 0 Å². The zero-order valence-corrected chi connectivity index (χ0v) is 12.4. The van der Waals surface area contributed by atoms with Crippen molar-refractivity contribution >= 4 is 22.3 Å². The van der Waals surface area contributed by atoms with Gasteiger partial charge in [0.1, 0.15) is 5.69 Å². The van der Waals surface area contributed by atoms with Crippen LogP contribution in [0.15, 0.2) is 23.3 Å². The van der Waals surface area contributed by atoms with Gasteiger partial charge in [0, 0.05) is 19.2 Å². The smallest absolute Gasteiger partial charge is 0.293 e. The van der Waals surface area contributed by atoms with Crippen LogP contribution in [-0.2, 0) is 0 Å². The normalized spacial score (nSPS) is 19.1. The highest BCUT2D eigenvalue weighted by atomic mass is 16.6. The summed E-state index contributed by atoms with van der Waals surface area (Å²) in [7, 11) is 0. The zero-order valence-electron chi connectivity index (χ0n) is 12.4. The SMILES string of the molecule is C[C@@H]1CCCN(c2cc3nc[nH]c(=O)c3cc2[N+](=O)[O-])CC1. The third-order valence-electron chi connectivity index (χ3n) is 4.29. The Kier molecular flexibility index (Phi) is 3.79. The van der Waals surface area contributed by atoms with Gasteiger partial charge in [-0.3, -0.25) is 14.9 Å². The van der Waals surface area contributed by atoms with E-state index in [4.69, 9.17) is 0 Å². The summed E-state index contributed by atoms with van der Waals surface area (Å²) in [5, 5.41) is 11.7. The fraction of sp³-hybridized carbons (Fsp3) is 0.467. The number of nitro benzene ring substituents is 1. The summed E-state index contributed by atoms with van der Waals surface area (Å²) in [4.78, 5) is 31.4. The number of nitrogens with one attached hydrogen (secondary N) is 1. The van der Waals surface area contributed by atoms with E-state index in [2.05, 4.69) is 16.9 Å². The molecule has 0 spiro atoms. The van der Waals surface area contributed by atoms with Crippen molar-refractivity contribution in [2.24, 2.45) is 5.92 Å². The summed E-state index contributed by atoms with van der Waals surface area (Å²) in [6.45, 7) is 3.79. The van der Waals surface area contributed by atoms with Crippen molar-refractivity contribution < 1.29 is 4.92 Å². The molecular formula is C15H18N4O3. The van der Waals surface area contributed by atoms with Crippen molar-refractivity contribution in [1.29, 1.82) is 0 Å². The van der Waals surface area contributed by atoms with Crippen LogP contribution < -0.4 is 10.5 Å². The van der Waals surface area contributed by atoms with Gasteiger partial charge in [-0.2, -0.15) is 0 Å². The first-order chi connectivity index (χ1) is 10.6. The van der Waals surface area contributed by atoms with Crippen molar-refractivity contribution in [2.45, 2.75) is 26.2 Å². The molecule has 7 heteroatoms. The average Bonchev–Trinajstić information content (AvgIpc) is 2.71. The number of hydrogen-bond acceptors (Lipinski definition) is 5. The first-order valence-electron chi connectivity index (χ1n) is 7.47. The molecule has 1 fully saturated rings. The molecule has 7 nitrogen and oxygen atoms in total. The molecular weight excluding hydrogens is 284 g/mol. The Labute approximate surface area is 127 Å². The molecule has 2 aromatic rings. The zero-order chi connectivity index (χ0) is 15.7. The van der Waals surface area contributed by atoms with Crippen LogP contribution in [0.5, 0.6) is 0 Å². The third kappa shape index (κ3) is 2.66. The molecule has 0 radical (unpaired) electrons. The third-order valence-corrected chi connectivity index (χ3v) is 4.29. The van der Waals surface area contributed by atoms with Gasteiger partial charge in [-0.15, -0.1) is 0 Å². The monoisotopic (exact) mass is 302 g/mol. The van der Waals surface area contributed by atoms with E-state index in [1.807, 2.05) is 4.90 Å². The fourth-order valence-electron chi connectivity index (χ4n) is 3.00. The van der Waals surface area contributed by atoms with E-state index < -0.39 is 4.92 Å². The Morgan fingerprint density at radius 1 is 1.36 bits per heavy atom. The molecule has 3 rings (SSSR count). The average molecular weight is 302 g/mol. The van der Waals surface area contributed by atoms with E-state index in [1.165, 1.54) is 12.4 Å². The minimum atomic E-state index is -0.421. The molecule has 116 valence electrons. The Morgan fingerprint density at radius 3 is 2.95 bits per heavy atom. The van der Waals surface area contributed by atoms with Crippen LogP contribution in [0, 0.1) is 16.0 Å². The summed E-state index contributed by atoms with van der Waals surface area (Å²) >= 11 is 0. The number of rotatable bonds is 2. The van der Waals surface area contributed by atoms with Gasteiger partial charge in [0.2, 0.25) is 0 Å². The van der Waals surface area contributed by atoms with E-state index in [0.29, 0.717) is 17.1 Å². The van der Waals surface area contributed by atoms with Crippen LogP contribution in [0.25, 0.3) is 10.9 Å². The number of anilines is 1. The molecule has 1 aromatic heterocycles. The van der Waals surface area contributed by atoms with E-state index in [-0.39, 0.29) is 16.6 Å². The first-order valence-corrected chi connectivity index (χ1v) is 7.47. The van der Waals surface area contributed by atoms with Crippen molar-refractivity contribution in [2.75, 3.05) is 18.0 Å². The molecule has 0 aliphatic carbocycles. The van der Waals surface area contributed by atoms with Crippen molar-refractivity contribution in [3.05, 3.63) is 38.9 Å². The summed E-state index contributed by atoms with van der Waals surface area (Å²) in [6.07, 6.45) is 4.48. The van der Waals surface area contributed by atoms with Gasteiger partial charge in [0.15, 0.2) is 0 Å². The van der Waals surface area contributed by atoms with Crippen LogP contribution in [0.4, 0.5) is 11.4 Å². The second kappa shape index (κ2) is 5.75. The Bertz CT molecular complexity index is 771. The molecule has 0 amide bonds. The quantitative estimate of drug-likeness (QED) is 0.679. The molecule has 1 N–H and O–H groups in total. The standard InChI is InChI=1S/C15H18N4O3/c1-10-3-2-5-18(6-4-10)13-8-12-11(7-14(13)19(21)22)15(20)17-9-16-12/h7-10H,2-6H2,1H3,(H,16,17,20)/t10-/m1/s1. The Balaban J connectivity index is 2.12. The number of benzene rings is 1. The van der Waals surface area contributed by atoms with Crippen molar-refractivity contribution in [3.8, 4) is 0 Å². The van der Waals surface area contributed by atoms with Crippen molar-refractivity contribution in [3.63, 3.8) is 0 Å². The van der Waals surface area contributed by atoms with Gasteiger partial charge >= 0.3 is 0 Å². The Morgan fingerprint density at radius 2 is 2.18 bits per heavy atom. The van der Waals surface area contributed by atoms with E-state index in [9.17, 15) is 14.9 Å². The van der Waals surface area contributed by atoms with Gasteiger partial charge in [-0.25, -0.2) is 4.98 Å². The number of fused-ring (bicyclic) bond motifs is 1. The lowest BCUT2D eigenvalue weighted by Gasteiger charge is -2.22. The molecule has 1 atom stereocenters. The van der Waals surface area contributed by atoms with Crippen LogP contribution in [-0.4, -0.2) is 28.0 Å². The van der Waals surface area contributed by atoms with Crippen LogP contribution in [0.1, 0.15) is 26.2 Å². The van der Waals surface area contributed by atoms with Gasteiger partial charge in [-0.1, -0.05) is 6.92 Å². The van der Waals surface area contributed by atoms with E-state index in [0.717, 1.165) is 32.4 Å². The van der Waals surface area contributed by atoms with Gasteiger partial charge < -0.3 is 9.88 Å². The summed E-state index contributed by atoms with van der Waals surface area (Å²) in [6, 6.07) is 3.00. The molecule has 1 aliphatic heterocycles. The minimum Gasteiger partial charge on any atom is -0.366 e. The maximum absolute atomic E-state index is 11.8. The number of aromatic nitrogens is 2. The topological polar surface area (TPSA) is 92.1 Å². The highest BCUT2D eigenvalue weighted by Crippen LogP contribution is 2.33. The summed E-state index contributed by atoms with van der Waals surface area (Å²) in [5.41, 5.74) is 0.663. The number of nitrogens with zero attached hydrogens (tertiary/aromatic N) is 3. The lowest BCUT2D eigenvalue weighted by atomic mass is 10.0. The summed E-state index contributed by atoms with van der Waals surface area (Å²) in [5.74, 6) is 0.630. The lowest BCUT2D eigenvalue weighted by Crippen LogP contribution is -2.25. The largest absolute Gasteiger partial charge is 0.366 e. The molecule has 0 saturated carbocycles. The first kappa shape index (κ1) is 14.5. The molecule has 1 saturated heterocycles. The highest BCUT2D eigenvalue weighted by molar-refractivity contribution is 5.87. The Hall–Kier alpha value is -2.44. The second-order valence-electron chi connectivity index (χ2n) is 5.87. The second-order valence-corrected chi connectivity index (χ2v) is 5.87. The minimum absolute atomic E-state index is 0.0273. The molecule has 1 aliphatic rings. The molecule has 2 heterocycles. The predicted octanol–water partition coefficient (Wildman–Crippen LogP) is 2.46. The lowest BCUT2D eigenvalue weighted by molar-refractivity contribution is -0.384. The maximum atomic E-state index is 11.8. The molecule has 0 unspecified atom stereocenters. The number of hydrogen-bond donors (Lipinski definition) is 1. The molecule has 0 bridgehead atoms. The van der Waals surface area contributed by atoms with Gasteiger partial charge in [-0.05, 0) is 31.2 Å². The highest BCUT2D eigenvalue weighted by Gasteiger charge is 2.23. The molecule has 1 aromatic carbocycles. The maximum Gasteiger partial charge on any atom is 0.293 e. The fourth-order valence-corrected chi connectivity index (χ4v) is 3.00. The number of nitro groups is 1. The van der Waals surface area contributed by atoms with Crippen molar-refractivity contribution in [1.82, 2.24) is 9.97 Å². The van der Waals surface area contributed by atoms with Gasteiger partial charge in [0.25, 0.3) is 11.2 Å². The molecule has 22 heavy (non-hydrogen) atoms. The van der Waals surface area contributed by atoms with E-state index in [1.54, 1.807) is 6.07 Å². The number of aromatic amines is 1. The van der Waals surface area contributed by atoms with Crippen LogP contribution >= 0.6 is 0 Å². The number of H-pyrrole nitrogens is 1. The van der Waals surface area contributed by atoms with Crippen LogP contribution in [0.2, 0.25) is 0 Å². The summed E-state index contributed by atoms with van der Waals surface area (Å²) < 4.78 is 0. The van der Waals surface area contributed by atoms with Gasteiger partial charge in [0.05, 0.1) is 22.2 Å². The predicted molar refractivity (Wildman–Crippen MR) is 84.2 cm³/mol. The van der Waals surface area contributed by atoms with E-state index >= 15 is 0 Å².